The lowest BCUT2D eigenvalue weighted by atomic mass is 10.0. The van der Waals surface area contributed by atoms with Crippen LogP contribution in [0.2, 0.25) is 0 Å². The van der Waals surface area contributed by atoms with Crippen molar-refractivity contribution < 1.29 is 19.1 Å². The average Bonchev–Trinajstić information content (AvgIpc) is 2.74. The van der Waals surface area contributed by atoms with Crippen LogP contribution in [0.25, 0.3) is 11.1 Å². The first kappa shape index (κ1) is 20.6. The molecule has 1 atom stereocenters. The summed E-state index contributed by atoms with van der Waals surface area (Å²) >= 11 is 3.33. The smallest absolute Gasteiger partial charge is 0.338 e. The molecule has 1 amide bonds. The fourth-order valence-corrected chi connectivity index (χ4v) is 3.31. The number of carbonyl (C=O) groups is 2. The molecule has 0 spiro atoms. The number of methoxy groups -OCH3 is 1. The number of benzene rings is 3. The second kappa shape index (κ2) is 9.39. The van der Waals surface area contributed by atoms with Gasteiger partial charge in [-0.2, -0.15) is 0 Å². The molecule has 0 aliphatic carbocycles. The first-order valence-corrected chi connectivity index (χ1v) is 9.78. The predicted molar refractivity (Wildman–Crippen MR) is 116 cm³/mol. The van der Waals surface area contributed by atoms with E-state index in [1.165, 1.54) is 14.0 Å². The van der Waals surface area contributed by atoms with Crippen LogP contribution in [-0.4, -0.2) is 25.1 Å². The maximum Gasteiger partial charge on any atom is 0.338 e. The molecule has 5 nitrogen and oxygen atoms in total. The van der Waals surface area contributed by atoms with E-state index in [2.05, 4.69) is 21.2 Å². The molecule has 0 aliphatic heterocycles. The Morgan fingerprint density at radius 2 is 1.66 bits per heavy atom. The van der Waals surface area contributed by atoms with Crippen LogP contribution in [0.1, 0.15) is 17.3 Å². The summed E-state index contributed by atoms with van der Waals surface area (Å²) in [5, 5.41) is 2.85. The van der Waals surface area contributed by atoms with Gasteiger partial charge < -0.3 is 14.8 Å². The van der Waals surface area contributed by atoms with Gasteiger partial charge in [0.05, 0.1) is 17.1 Å². The van der Waals surface area contributed by atoms with Crippen LogP contribution in [0.5, 0.6) is 5.75 Å². The van der Waals surface area contributed by atoms with Crippen LogP contribution in [0.3, 0.4) is 0 Å². The molecule has 0 saturated heterocycles. The van der Waals surface area contributed by atoms with Crippen LogP contribution >= 0.6 is 15.9 Å². The highest BCUT2D eigenvalue weighted by Crippen LogP contribution is 2.28. The summed E-state index contributed by atoms with van der Waals surface area (Å²) in [4.78, 5) is 25.0. The minimum absolute atomic E-state index is 0.321. The SMILES string of the molecule is COc1ccc(C(=O)OC(C)C(=O)Nc2ccccc2-c2ccccc2)cc1Br. The van der Waals surface area contributed by atoms with Crippen molar-refractivity contribution in [3.8, 4) is 16.9 Å². The molecule has 148 valence electrons. The summed E-state index contributed by atoms with van der Waals surface area (Å²) in [7, 11) is 1.54. The maximum absolute atomic E-state index is 12.6. The number of rotatable bonds is 6. The molecule has 0 aliphatic rings. The van der Waals surface area contributed by atoms with Crippen molar-refractivity contribution in [2.24, 2.45) is 0 Å². The van der Waals surface area contributed by atoms with Gasteiger partial charge in [0.15, 0.2) is 6.10 Å². The van der Waals surface area contributed by atoms with Gasteiger partial charge in [-0.25, -0.2) is 4.79 Å². The van der Waals surface area contributed by atoms with Gasteiger partial charge >= 0.3 is 5.97 Å². The molecule has 3 rings (SSSR count). The summed E-state index contributed by atoms with van der Waals surface area (Å²) in [6.45, 7) is 1.54. The lowest BCUT2D eigenvalue weighted by molar-refractivity contribution is -0.123. The quantitative estimate of drug-likeness (QED) is 0.513. The molecular formula is C23H20BrNO4. The number of amides is 1. The van der Waals surface area contributed by atoms with Crippen LogP contribution in [-0.2, 0) is 9.53 Å². The van der Waals surface area contributed by atoms with E-state index in [1.807, 2.05) is 54.6 Å². The van der Waals surface area contributed by atoms with Crippen molar-refractivity contribution in [1.29, 1.82) is 0 Å². The van der Waals surface area contributed by atoms with E-state index >= 15 is 0 Å². The maximum atomic E-state index is 12.6. The Hall–Kier alpha value is -3.12. The van der Waals surface area contributed by atoms with Crippen LogP contribution in [0.15, 0.2) is 77.3 Å². The molecule has 0 saturated carbocycles. The second-order valence-corrected chi connectivity index (χ2v) is 7.15. The highest BCUT2D eigenvalue weighted by atomic mass is 79.9. The van der Waals surface area contributed by atoms with Gasteiger partial charge in [-0.1, -0.05) is 48.5 Å². The first-order chi connectivity index (χ1) is 14.0. The number of carbonyl (C=O) groups excluding carboxylic acids is 2. The Morgan fingerprint density at radius 3 is 2.34 bits per heavy atom. The van der Waals surface area contributed by atoms with Crippen molar-refractivity contribution in [1.82, 2.24) is 0 Å². The van der Waals surface area contributed by atoms with Crippen molar-refractivity contribution in [2.45, 2.75) is 13.0 Å². The number of para-hydroxylation sites is 1. The third-order valence-electron chi connectivity index (χ3n) is 4.31. The minimum atomic E-state index is -0.966. The van der Waals surface area contributed by atoms with Crippen LogP contribution < -0.4 is 10.1 Å². The minimum Gasteiger partial charge on any atom is -0.496 e. The molecule has 1 N–H and O–H groups in total. The highest BCUT2D eigenvalue weighted by Gasteiger charge is 2.20. The monoisotopic (exact) mass is 453 g/mol. The average molecular weight is 454 g/mol. The number of hydrogen-bond acceptors (Lipinski definition) is 4. The topological polar surface area (TPSA) is 64.6 Å². The fraction of sp³-hybridized carbons (Fsp3) is 0.130. The van der Waals surface area contributed by atoms with E-state index in [9.17, 15) is 9.59 Å². The molecule has 0 radical (unpaired) electrons. The molecule has 0 heterocycles. The van der Waals surface area contributed by atoms with E-state index in [4.69, 9.17) is 9.47 Å². The van der Waals surface area contributed by atoms with E-state index in [0.29, 0.717) is 21.5 Å². The standard InChI is InChI=1S/C23H20BrNO4/c1-15(29-23(27)17-12-13-21(28-2)19(24)14-17)22(26)25-20-11-7-6-10-18(20)16-8-4-3-5-9-16/h3-15H,1-2H3,(H,25,26). The third kappa shape index (κ3) is 5.03. The molecular weight excluding hydrogens is 434 g/mol. The number of nitrogens with one attached hydrogen (secondary N) is 1. The van der Waals surface area contributed by atoms with Gasteiger partial charge in [0, 0.05) is 11.3 Å². The molecule has 3 aromatic rings. The lowest BCUT2D eigenvalue weighted by Gasteiger charge is -2.16. The fourth-order valence-electron chi connectivity index (χ4n) is 2.77. The summed E-state index contributed by atoms with van der Waals surface area (Å²) in [6, 6.07) is 22.1. The second-order valence-electron chi connectivity index (χ2n) is 6.30. The Kier molecular flexibility index (Phi) is 6.67. The molecule has 1 unspecified atom stereocenters. The zero-order valence-corrected chi connectivity index (χ0v) is 17.6. The van der Waals surface area contributed by atoms with Gasteiger partial charge in [0.25, 0.3) is 5.91 Å². The summed E-state index contributed by atoms with van der Waals surface area (Å²) in [5.41, 5.74) is 2.84. The third-order valence-corrected chi connectivity index (χ3v) is 4.93. The molecule has 6 heteroatoms. The van der Waals surface area contributed by atoms with E-state index in [0.717, 1.165) is 11.1 Å². The largest absolute Gasteiger partial charge is 0.496 e. The number of halogens is 1. The summed E-state index contributed by atoms with van der Waals surface area (Å²) < 4.78 is 11.1. The number of anilines is 1. The zero-order valence-electron chi connectivity index (χ0n) is 16.0. The van der Waals surface area contributed by atoms with Crippen molar-refractivity contribution in [2.75, 3.05) is 12.4 Å². The highest BCUT2D eigenvalue weighted by molar-refractivity contribution is 9.10. The Bertz CT molecular complexity index is 1020. The molecule has 0 aromatic heterocycles. The zero-order chi connectivity index (χ0) is 20.8. The number of esters is 1. The van der Waals surface area contributed by atoms with Gasteiger partial charge in [-0.05, 0) is 52.7 Å². The van der Waals surface area contributed by atoms with E-state index in [1.54, 1.807) is 18.2 Å². The Balaban J connectivity index is 1.70. The van der Waals surface area contributed by atoms with Gasteiger partial charge in [0.2, 0.25) is 0 Å². The lowest BCUT2D eigenvalue weighted by Crippen LogP contribution is -2.30. The molecule has 3 aromatic carbocycles. The normalized spacial score (nSPS) is 11.4. The summed E-state index contributed by atoms with van der Waals surface area (Å²) in [6.07, 6.45) is -0.966. The van der Waals surface area contributed by atoms with Crippen LogP contribution in [0, 0.1) is 0 Å². The molecule has 29 heavy (non-hydrogen) atoms. The Morgan fingerprint density at radius 1 is 0.966 bits per heavy atom. The van der Waals surface area contributed by atoms with Crippen LogP contribution in [0.4, 0.5) is 5.69 Å². The summed E-state index contributed by atoms with van der Waals surface area (Å²) in [5.74, 6) is -0.397. The van der Waals surface area contributed by atoms with Crippen molar-refractivity contribution in [3.63, 3.8) is 0 Å². The predicted octanol–water partition coefficient (Wildman–Crippen LogP) is 5.31. The first-order valence-electron chi connectivity index (χ1n) is 8.99. The van der Waals surface area contributed by atoms with Gasteiger partial charge in [-0.15, -0.1) is 0 Å². The molecule has 0 fully saturated rings. The van der Waals surface area contributed by atoms with E-state index < -0.39 is 18.0 Å². The van der Waals surface area contributed by atoms with Crippen molar-refractivity contribution >= 4 is 33.5 Å². The van der Waals surface area contributed by atoms with E-state index in [-0.39, 0.29) is 0 Å². The Labute approximate surface area is 177 Å². The number of hydrogen-bond donors (Lipinski definition) is 1. The van der Waals surface area contributed by atoms with Gasteiger partial charge in [-0.3, -0.25) is 4.79 Å². The van der Waals surface area contributed by atoms with Gasteiger partial charge in [0.1, 0.15) is 5.75 Å². The number of ether oxygens (including phenoxy) is 2. The van der Waals surface area contributed by atoms with Crippen molar-refractivity contribution in [3.05, 3.63) is 82.8 Å². The molecule has 0 bridgehead atoms.